The number of urea groups is 1. The number of halogens is 2. The predicted molar refractivity (Wildman–Crippen MR) is 84.9 cm³/mol. The Morgan fingerprint density at radius 2 is 1.91 bits per heavy atom. The molecule has 0 spiro atoms. The minimum atomic E-state index is -0.577. The van der Waals surface area contributed by atoms with Crippen LogP contribution in [0, 0.1) is 5.82 Å². The van der Waals surface area contributed by atoms with Crippen LogP contribution in [0.25, 0.3) is 6.08 Å². The molecule has 1 saturated heterocycles. The van der Waals surface area contributed by atoms with E-state index in [1.165, 1.54) is 18.2 Å². The van der Waals surface area contributed by atoms with E-state index in [0.29, 0.717) is 10.6 Å². The van der Waals surface area contributed by atoms with Crippen LogP contribution < -0.4 is 5.32 Å². The van der Waals surface area contributed by atoms with Gasteiger partial charge in [0.1, 0.15) is 11.5 Å². The fourth-order valence-corrected chi connectivity index (χ4v) is 2.47. The van der Waals surface area contributed by atoms with Crippen LogP contribution in [-0.2, 0) is 11.3 Å². The molecule has 0 bridgehead atoms. The SMILES string of the molecule is O=C1NC(=Cc2cccc(Cl)c2)C(=O)N1Cc1ccccc1F. The predicted octanol–water partition coefficient (Wildman–Crippen LogP) is 3.57. The molecule has 116 valence electrons. The highest BCUT2D eigenvalue weighted by molar-refractivity contribution is 6.30. The molecular formula is C17H12ClFN2O2. The number of benzene rings is 2. The molecule has 23 heavy (non-hydrogen) atoms. The third-order valence-electron chi connectivity index (χ3n) is 3.41. The zero-order chi connectivity index (χ0) is 16.4. The molecule has 0 saturated carbocycles. The number of hydrogen-bond acceptors (Lipinski definition) is 2. The Hall–Kier alpha value is -2.66. The van der Waals surface area contributed by atoms with Gasteiger partial charge < -0.3 is 5.32 Å². The first kappa shape index (κ1) is 15.2. The molecule has 1 aliphatic rings. The molecule has 0 aliphatic carbocycles. The molecule has 2 aromatic rings. The smallest absolute Gasteiger partial charge is 0.303 e. The van der Waals surface area contributed by atoms with Crippen LogP contribution in [0.1, 0.15) is 11.1 Å². The third-order valence-corrected chi connectivity index (χ3v) is 3.64. The van der Waals surface area contributed by atoms with Gasteiger partial charge >= 0.3 is 6.03 Å². The van der Waals surface area contributed by atoms with Crippen molar-refractivity contribution in [3.8, 4) is 0 Å². The Bertz CT molecular complexity index is 820. The van der Waals surface area contributed by atoms with Gasteiger partial charge in [0.15, 0.2) is 0 Å². The zero-order valence-electron chi connectivity index (χ0n) is 11.9. The van der Waals surface area contributed by atoms with E-state index >= 15 is 0 Å². The maximum absolute atomic E-state index is 13.7. The van der Waals surface area contributed by atoms with Gasteiger partial charge in [0.05, 0.1) is 6.54 Å². The molecule has 4 nitrogen and oxygen atoms in total. The van der Waals surface area contributed by atoms with Gasteiger partial charge in [0.2, 0.25) is 0 Å². The van der Waals surface area contributed by atoms with E-state index in [0.717, 1.165) is 4.90 Å². The zero-order valence-corrected chi connectivity index (χ0v) is 12.7. The second kappa shape index (κ2) is 6.22. The van der Waals surface area contributed by atoms with E-state index < -0.39 is 17.8 Å². The number of nitrogens with zero attached hydrogens (tertiary/aromatic N) is 1. The van der Waals surface area contributed by atoms with E-state index in [2.05, 4.69) is 5.32 Å². The summed E-state index contributed by atoms with van der Waals surface area (Å²) in [5.41, 5.74) is 1.10. The lowest BCUT2D eigenvalue weighted by atomic mass is 10.2. The van der Waals surface area contributed by atoms with Gasteiger partial charge in [0, 0.05) is 10.6 Å². The average molecular weight is 331 g/mol. The molecule has 1 heterocycles. The molecule has 1 N–H and O–H groups in total. The summed E-state index contributed by atoms with van der Waals surface area (Å²) in [6.45, 7) is -0.121. The molecule has 0 aromatic heterocycles. The van der Waals surface area contributed by atoms with Crippen molar-refractivity contribution in [1.29, 1.82) is 0 Å². The van der Waals surface area contributed by atoms with Crippen molar-refractivity contribution >= 4 is 29.6 Å². The maximum atomic E-state index is 13.7. The first-order chi connectivity index (χ1) is 11.0. The highest BCUT2D eigenvalue weighted by atomic mass is 35.5. The lowest BCUT2D eigenvalue weighted by Crippen LogP contribution is -2.30. The van der Waals surface area contributed by atoms with Gasteiger partial charge in [-0.25, -0.2) is 9.18 Å². The lowest BCUT2D eigenvalue weighted by Gasteiger charge is -2.12. The first-order valence-corrected chi connectivity index (χ1v) is 7.26. The molecule has 2 aromatic carbocycles. The van der Waals surface area contributed by atoms with Gasteiger partial charge in [-0.15, -0.1) is 0 Å². The number of carbonyl (C=O) groups is 2. The van der Waals surface area contributed by atoms with Crippen molar-refractivity contribution in [3.63, 3.8) is 0 Å². The summed E-state index contributed by atoms with van der Waals surface area (Å²) in [6, 6.07) is 12.3. The molecule has 1 aliphatic heterocycles. The fourth-order valence-electron chi connectivity index (χ4n) is 2.28. The Kier molecular flexibility index (Phi) is 4.12. The van der Waals surface area contributed by atoms with Crippen molar-refractivity contribution in [3.05, 3.63) is 76.2 Å². The van der Waals surface area contributed by atoms with Crippen LogP contribution >= 0.6 is 11.6 Å². The fraction of sp³-hybridized carbons (Fsp3) is 0.0588. The summed E-state index contributed by atoms with van der Waals surface area (Å²) >= 11 is 5.90. The van der Waals surface area contributed by atoms with Crippen molar-refractivity contribution in [2.45, 2.75) is 6.54 Å². The highest BCUT2D eigenvalue weighted by Gasteiger charge is 2.33. The Morgan fingerprint density at radius 1 is 1.13 bits per heavy atom. The number of hydrogen-bond donors (Lipinski definition) is 1. The van der Waals surface area contributed by atoms with E-state index in [9.17, 15) is 14.0 Å². The van der Waals surface area contributed by atoms with Crippen LogP contribution in [0.4, 0.5) is 9.18 Å². The molecule has 0 atom stereocenters. The molecule has 6 heteroatoms. The Labute approximate surface area is 137 Å². The third kappa shape index (κ3) is 3.24. The molecule has 0 unspecified atom stereocenters. The van der Waals surface area contributed by atoms with E-state index in [1.807, 2.05) is 0 Å². The van der Waals surface area contributed by atoms with Gasteiger partial charge in [-0.05, 0) is 29.8 Å². The largest absolute Gasteiger partial charge is 0.329 e. The Morgan fingerprint density at radius 3 is 2.65 bits per heavy atom. The van der Waals surface area contributed by atoms with Crippen molar-refractivity contribution in [1.82, 2.24) is 10.2 Å². The minimum Gasteiger partial charge on any atom is -0.303 e. The van der Waals surface area contributed by atoms with E-state index in [-0.39, 0.29) is 17.8 Å². The molecule has 1 fully saturated rings. The van der Waals surface area contributed by atoms with Crippen molar-refractivity contribution in [2.75, 3.05) is 0 Å². The standard InChI is InChI=1S/C17H12ClFN2O2/c18-13-6-3-4-11(8-13)9-15-16(22)21(17(23)20-15)10-12-5-1-2-7-14(12)19/h1-9H,10H2,(H,20,23). The molecule has 0 radical (unpaired) electrons. The van der Waals surface area contributed by atoms with Gasteiger partial charge in [0.25, 0.3) is 5.91 Å². The summed E-state index contributed by atoms with van der Waals surface area (Å²) in [4.78, 5) is 25.3. The topological polar surface area (TPSA) is 49.4 Å². The van der Waals surface area contributed by atoms with Gasteiger partial charge in [-0.1, -0.05) is 41.9 Å². The maximum Gasteiger partial charge on any atom is 0.329 e. The second-order valence-corrected chi connectivity index (χ2v) is 5.46. The number of rotatable bonds is 3. The Balaban J connectivity index is 1.84. The number of nitrogens with one attached hydrogen (secondary N) is 1. The highest BCUT2D eigenvalue weighted by Crippen LogP contribution is 2.19. The van der Waals surface area contributed by atoms with Crippen LogP contribution in [0.15, 0.2) is 54.2 Å². The summed E-state index contributed by atoms with van der Waals surface area (Å²) in [6.07, 6.45) is 1.54. The van der Waals surface area contributed by atoms with Crippen LogP contribution in [0.5, 0.6) is 0 Å². The quantitative estimate of drug-likeness (QED) is 0.691. The van der Waals surface area contributed by atoms with Crippen molar-refractivity contribution < 1.29 is 14.0 Å². The average Bonchev–Trinajstić information content (AvgIpc) is 2.77. The number of carbonyl (C=O) groups excluding carboxylic acids is 2. The monoisotopic (exact) mass is 330 g/mol. The van der Waals surface area contributed by atoms with Crippen LogP contribution in [0.2, 0.25) is 5.02 Å². The van der Waals surface area contributed by atoms with Crippen LogP contribution in [-0.4, -0.2) is 16.8 Å². The lowest BCUT2D eigenvalue weighted by molar-refractivity contribution is -0.123. The summed E-state index contributed by atoms with van der Waals surface area (Å²) < 4.78 is 13.7. The molecule has 3 rings (SSSR count). The second-order valence-electron chi connectivity index (χ2n) is 5.03. The summed E-state index contributed by atoms with van der Waals surface area (Å²) in [7, 11) is 0. The molecular weight excluding hydrogens is 319 g/mol. The van der Waals surface area contributed by atoms with E-state index in [4.69, 9.17) is 11.6 Å². The van der Waals surface area contributed by atoms with Gasteiger partial charge in [-0.3, -0.25) is 9.69 Å². The summed E-state index contributed by atoms with van der Waals surface area (Å²) in [5, 5.41) is 3.02. The number of imide groups is 1. The van der Waals surface area contributed by atoms with Crippen molar-refractivity contribution in [2.24, 2.45) is 0 Å². The van der Waals surface area contributed by atoms with Crippen LogP contribution in [0.3, 0.4) is 0 Å². The molecule has 3 amide bonds. The van der Waals surface area contributed by atoms with E-state index in [1.54, 1.807) is 36.4 Å². The number of amides is 3. The van der Waals surface area contributed by atoms with Gasteiger partial charge in [-0.2, -0.15) is 0 Å². The normalized spacial score (nSPS) is 16.1. The first-order valence-electron chi connectivity index (χ1n) is 6.88. The minimum absolute atomic E-state index is 0.121. The summed E-state index contributed by atoms with van der Waals surface area (Å²) in [5.74, 6) is -0.960.